The summed E-state index contributed by atoms with van der Waals surface area (Å²) in [5.74, 6) is 0.730. The van der Waals surface area contributed by atoms with Crippen molar-refractivity contribution in [2.45, 2.75) is 40.4 Å². The molecule has 0 saturated heterocycles. The summed E-state index contributed by atoms with van der Waals surface area (Å²) >= 11 is 3.71. The van der Waals surface area contributed by atoms with Gasteiger partial charge in [0.15, 0.2) is 5.82 Å². The van der Waals surface area contributed by atoms with Crippen LogP contribution in [0.25, 0.3) is 50.6 Å². The molecule has 0 unspecified atom stereocenters. The first-order chi connectivity index (χ1) is 29.4. The largest absolute Gasteiger partial charge is 0.370 e. The van der Waals surface area contributed by atoms with Gasteiger partial charge in [0.25, 0.3) is 0 Å². The maximum atomic E-state index is 4.92. The number of fused-ring (bicyclic) bond motifs is 3. The number of benzene rings is 6. The lowest BCUT2D eigenvalue weighted by atomic mass is 9.99. The highest BCUT2D eigenvalue weighted by molar-refractivity contribution is 8.05. The summed E-state index contributed by atoms with van der Waals surface area (Å²) in [6, 6.07) is 54.7. The van der Waals surface area contributed by atoms with Crippen LogP contribution in [0, 0.1) is 0 Å². The fraction of sp³-hybridized carbons (Fsp3) is 0.0909. The fourth-order valence-corrected chi connectivity index (χ4v) is 9.19. The van der Waals surface area contributed by atoms with Gasteiger partial charge < -0.3 is 4.90 Å². The third kappa shape index (κ3) is 9.89. The van der Waals surface area contributed by atoms with Gasteiger partial charge >= 0.3 is 0 Å². The highest BCUT2D eigenvalue weighted by Gasteiger charge is 2.22. The summed E-state index contributed by atoms with van der Waals surface area (Å²) in [6.07, 6.45) is 10.4. The minimum atomic E-state index is 0.730. The van der Waals surface area contributed by atoms with Crippen LogP contribution in [-0.4, -0.2) is 23.6 Å². The predicted octanol–water partition coefficient (Wildman–Crippen LogP) is 15.6. The van der Waals surface area contributed by atoms with Gasteiger partial charge in [0, 0.05) is 61.1 Å². The molecule has 60 heavy (non-hydrogen) atoms. The van der Waals surface area contributed by atoms with Crippen LogP contribution in [0.15, 0.2) is 232 Å². The van der Waals surface area contributed by atoms with E-state index >= 15 is 0 Å². The molecule has 6 aromatic carbocycles. The summed E-state index contributed by atoms with van der Waals surface area (Å²) in [5.41, 5.74) is 13.2. The van der Waals surface area contributed by atoms with Gasteiger partial charge in [-0.2, -0.15) is 0 Å². The zero-order valence-corrected chi connectivity index (χ0v) is 36.3. The zero-order valence-electron chi connectivity index (χ0n) is 34.7. The second-order valence-electron chi connectivity index (χ2n) is 14.1. The topological polar surface area (TPSA) is 29.0 Å². The molecule has 2 aliphatic heterocycles. The van der Waals surface area contributed by atoms with E-state index in [2.05, 4.69) is 166 Å². The minimum Gasteiger partial charge on any atom is -0.370 e. The Morgan fingerprint density at radius 2 is 1.10 bits per heavy atom. The van der Waals surface area contributed by atoms with E-state index in [-0.39, 0.29) is 0 Å². The van der Waals surface area contributed by atoms with Crippen molar-refractivity contribution in [1.82, 2.24) is 9.97 Å². The fourth-order valence-electron chi connectivity index (χ4n) is 6.92. The number of nitrogens with zero attached hydrogens (tertiary/aromatic N) is 3. The lowest BCUT2D eigenvalue weighted by Gasteiger charge is -2.25. The molecule has 0 N–H and O–H groups in total. The number of rotatable bonds is 6. The zero-order chi connectivity index (χ0) is 41.8. The Balaban J connectivity index is 0.000000175. The molecule has 3 nitrogen and oxygen atoms in total. The van der Waals surface area contributed by atoms with Gasteiger partial charge in [0.05, 0.1) is 11.4 Å². The Kier molecular flexibility index (Phi) is 13.9. The number of aromatic nitrogens is 2. The molecule has 0 atom stereocenters. The lowest BCUT2D eigenvalue weighted by Crippen LogP contribution is -2.18. The van der Waals surface area contributed by atoms with Gasteiger partial charge in [0.1, 0.15) is 0 Å². The van der Waals surface area contributed by atoms with Crippen LogP contribution in [0.4, 0.5) is 5.69 Å². The molecule has 0 saturated carbocycles. The van der Waals surface area contributed by atoms with Crippen LogP contribution in [0.3, 0.4) is 0 Å². The Morgan fingerprint density at radius 3 is 1.68 bits per heavy atom. The molecule has 0 fully saturated rings. The summed E-state index contributed by atoms with van der Waals surface area (Å²) in [7, 11) is 2.15. The Labute approximate surface area is 364 Å². The van der Waals surface area contributed by atoms with E-state index in [1.807, 2.05) is 92.0 Å². The summed E-state index contributed by atoms with van der Waals surface area (Å²) < 4.78 is 0. The first-order valence-electron chi connectivity index (χ1n) is 20.3. The second-order valence-corrected chi connectivity index (χ2v) is 16.3. The van der Waals surface area contributed by atoms with Gasteiger partial charge in [-0.15, -0.1) is 0 Å². The summed E-state index contributed by atoms with van der Waals surface area (Å²) in [5, 5.41) is 0. The summed E-state index contributed by atoms with van der Waals surface area (Å²) in [4.78, 5) is 17.4. The van der Waals surface area contributed by atoms with Crippen LogP contribution in [0.2, 0.25) is 0 Å². The highest BCUT2D eigenvalue weighted by atomic mass is 32.2. The van der Waals surface area contributed by atoms with Gasteiger partial charge in [-0.1, -0.05) is 196 Å². The van der Waals surface area contributed by atoms with Gasteiger partial charge in [-0.3, -0.25) is 0 Å². The maximum absolute atomic E-state index is 4.92. The van der Waals surface area contributed by atoms with Crippen molar-refractivity contribution in [3.8, 4) is 45.0 Å². The van der Waals surface area contributed by atoms with Crippen molar-refractivity contribution >= 4 is 34.8 Å². The minimum absolute atomic E-state index is 0.730. The number of hydrogen-bond donors (Lipinski definition) is 0. The molecule has 1 aromatic heterocycles. The van der Waals surface area contributed by atoms with Crippen LogP contribution >= 0.6 is 23.5 Å². The van der Waals surface area contributed by atoms with Gasteiger partial charge in [0.2, 0.25) is 0 Å². The summed E-state index contributed by atoms with van der Waals surface area (Å²) in [6.45, 7) is 15.2. The normalized spacial score (nSPS) is 14.7. The van der Waals surface area contributed by atoms with Crippen LogP contribution in [0.5, 0.6) is 0 Å². The lowest BCUT2D eigenvalue weighted by molar-refractivity contribution is 1.01. The van der Waals surface area contributed by atoms with Crippen LogP contribution in [0.1, 0.15) is 26.3 Å². The molecule has 296 valence electrons. The first kappa shape index (κ1) is 41.7. The van der Waals surface area contributed by atoms with Gasteiger partial charge in [-0.25, -0.2) is 9.97 Å². The Bertz CT molecular complexity index is 2640. The van der Waals surface area contributed by atoms with Crippen molar-refractivity contribution in [2.24, 2.45) is 0 Å². The van der Waals surface area contributed by atoms with E-state index in [9.17, 15) is 0 Å². The van der Waals surface area contributed by atoms with Crippen LogP contribution < -0.4 is 4.90 Å². The second kappa shape index (κ2) is 20.0. The SMILES string of the molecule is C=C\C=C/C1=C/C(=C)c2cc3c(cc2N(C)C/C=C\1C)Sc1ccccc1S3.CC.c1ccc(-c2cccc(-c3nc(-c4ccccc4)cc(-c4ccccc4)n3)c2)cc1. The first-order valence-corrected chi connectivity index (χ1v) is 21.9. The number of hydrogen-bond acceptors (Lipinski definition) is 5. The van der Waals surface area contributed by atoms with Crippen molar-refractivity contribution in [1.29, 1.82) is 0 Å². The molecule has 5 heteroatoms. The molecule has 9 rings (SSSR count). The highest BCUT2D eigenvalue weighted by Crippen LogP contribution is 2.51. The molecule has 0 aliphatic carbocycles. The molecular formula is C55H49N3S2. The Morgan fingerprint density at radius 1 is 0.583 bits per heavy atom. The van der Waals surface area contributed by atoms with E-state index in [4.69, 9.17) is 9.97 Å². The smallest absolute Gasteiger partial charge is 0.160 e. The molecule has 0 radical (unpaired) electrons. The van der Waals surface area contributed by atoms with Crippen molar-refractivity contribution in [2.75, 3.05) is 18.5 Å². The van der Waals surface area contributed by atoms with E-state index in [1.54, 1.807) is 0 Å². The molecule has 0 spiro atoms. The van der Waals surface area contributed by atoms with E-state index in [0.29, 0.717) is 0 Å². The van der Waals surface area contributed by atoms with E-state index in [1.165, 1.54) is 47.5 Å². The van der Waals surface area contributed by atoms with Crippen molar-refractivity contribution in [3.63, 3.8) is 0 Å². The maximum Gasteiger partial charge on any atom is 0.160 e. The number of allylic oxidation sites excluding steroid dienone is 7. The standard InChI is InChI=1S/C28H20N2.C25H23NS2.C2H6/c1-4-11-21(12-5-1)24-17-10-18-25(19-24)28-29-26(22-13-6-2-7-14-22)20-27(30-28)23-15-8-3-9-16-23;1-5-6-9-19-14-18(3)20-15-24-25(16-21(20)26(4)13-12-17(19)2)28-23-11-8-7-10-22(23)27-24;1-2/h1-20H;5-12,14-16H,1,3,13H2,2,4H3;1-2H3/b;9-6-,17-12-,19-14-;. The van der Waals surface area contributed by atoms with Crippen LogP contribution in [-0.2, 0) is 0 Å². The predicted molar refractivity (Wildman–Crippen MR) is 260 cm³/mol. The van der Waals surface area contributed by atoms with Crippen molar-refractivity contribution < 1.29 is 0 Å². The Hall–Kier alpha value is -6.40. The number of likely N-dealkylation sites (N-methyl/N-ethyl adjacent to an activating group) is 1. The number of anilines is 1. The average molecular weight is 816 g/mol. The monoisotopic (exact) mass is 815 g/mol. The molecular weight excluding hydrogens is 767 g/mol. The molecule has 2 aliphatic rings. The van der Waals surface area contributed by atoms with Gasteiger partial charge in [-0.05, 0) is 77.2 Å². The average Bonchev–Trinajstić information content (AvgIpc) is 3.35. The molecule has 0 bridgehead atoms. The molecule has 7 aromatic rings. The molecule has 3 heterocycles. The molecule has 0 amide bonds. The third-order valence-corrected chi connectivity index (χ3v) is 12.6. The quantitative estimate of drug-likeness (QED) is 0.156. The van der Waals surface area contributed by atoms with E-state index < -0.39 is 0 Å². The van der Waals surface area contributed by atoms with E-state index in [0.717, 1.165) is 51.6 Å². The van der Waals surface area contributed by atoms with Crippen molar-refractivity contribution in [3.05, 3.63) is 218 Å². The third-order valence-electron chi connectivity index (χ3n) is 10.1.